The number of hydrogen-bond donors (Lipinski definition) is 2. The highest BCUT2D eigenvalue weighted by molar-refractivity contribution is 7.86. The Morgan fingerprint density at radius 1 is 1.36 bits per heavy atom. The molecular weight excluding hydrogens is 359 g/mol. The summed E-state index contributed by atoms with van der Waals surface area (Å²) in [6, 6.07) is 3.97. The standard InChI is InChI=1S/C14H17FN2O7S/c15-11-5-9(17-6-10(7-18)24-13(17)8-19)1-2-12(11)16-3-4-23-14(16)25(20,21)22/h1-2,5,8,10,13-14,18H,3-4,6-7H2,(H,20,21,22)/t10-,13?,14?/m1/s1. The van der Waals surface area contributed by atoms with Crippen LogP contribution in [0.5, 0.6) is 0 Å². The van der Waals surface area contributed by atoms with Crippen molar-refractivity contribution in [1.29, 1.82) is 0 Å². The largest absolute Gasteiger partial charge is 0.394 e. The summed E-state index contributed by atoms with van der Waals surface area (Å²) < 4.78 is 56.7. The third kappa shape index (κ3) is 3.46. The van der Waals surface area contributed by atoms with Crippen LogP contribution in [-0.2, 0) is 24.4 Å². The van der Waals surface area contributed by atoms with Gasteiger partial charge in [-0.1, -0.05) is 0 Å². The summed E-state index contributed by atoms with van der Waals surface area (Å²) in [4.78, 5) is 13.7. The maximum Gasteiger partial charge on any atom is 0.312 e. The van der Waals surface area contributed by atoms with Crippen LogP contribution in [0.4, 0.5) is 15.8 Å². The van der Waals surface area contributed by atoms with Gasteiger partial charge in [-0.25, -0.2) is 4.39 Å². The van der Waals surface area contributed by atoms with E-state index in [1.165, 1.54) is 17.0 Å². The lowest BCUT2D eigenvalue weighted by atomic mass is 10.2. The molecule has 11 heteroatoms. The number of anilines is 2. The Bertz CT molecular complexity index is 760. The van der Waals surface area contributed by atoms with Crippen LogP contribution in [0.3, 0.4) is 0 Å². The molecule has 9 nitrogen and oxygen atoms in total. The maximum atomic E-state index is 14.5. The molecule has 2 aliphatic rings. The molecular formula is C14H17FN2O7S. The van der Waals surface area contributed by atoms with Crippen molar-refractivity contribution in [2.75, 3.05) is 36.1 Å². The first-order chi connectivity index (χ1) is 11.8. The van der Waals surface area contributed by atoms with E-state index in [-0.39, 0.29) is 32.0 Å². The monoisotopic (exact) mass is 376 g/mol. The Balaban J connectivity index is 1.88. The van der Waals surface area contributed by atoms with Crippen molar-refractivity contribution in [3.05, 3.63) is 24.0 Å². The molecule has 2 heterocycles. The molecule has 138 valence electrons. The summed E-state index contributed by atoms with van der Waals surface area (Å²) in [6.07, 6.45) is -0.957. The van der Waals surface area contributed by atoms with Crippen molar-refractivity contribution in [1.82, 2.24) is 0 Å². The van der Waals surface area contributed by atoms with Gasteiger partial charge in [-0.3, -0.25) is 9.35 Å². The normalized spacial score (nSPS) is 27.1. The number of hydrogen-bond acceptors (Lipinski definition) is 8. The first-order valence-electron chi connectivity index (χ1n) is 7.47. The number of benzene rings is 1. The molecule has 0 amide bonds. The Morgan fingerprint density at radius 3 is 2.72 bits per heavy atom. The van der Waals surface area contributed by atoms with E-state index < -0.39 is 33.8 Å². The fourth-order valence-corrected chi connectivity index (χ4v) is 3.74. The molecule has 2 aliphatic heterocycles. The first kappa shape index (κ1) is 18.0. The lowest BCUT2D eigenvalue weighted by molar-refractivity contribution is -0.117. The molecule has 0 aliphatic carbocycles. The minimum atomic E-state index is -4.53. The summed E-state index contributed by atoms with van der Waals surface area (Å²) in [7, 11) is -4.53. The van der Waals surface area contributed by atoms with Gasteiger partial charge in [0, 0.05) is 18.8 Å². The smallest absolute Gasteiger partial charge is 0.312 e. The summed E-state index contributed by atoms with van der Waals surface area (Å²) >= 11 is 0. The Kier molecular flexibility index (Phi) is 4.93. The molecule has 3 rings (SSSR count). The van der Waals surface area contributed by atoms with Crippen molar-refractivity contribution in [3.63, 3.8) is 0 Å². The number of rotatable bonds is 5. The first-order valence-corrected chi connectivity index (χ1v) is 8.98. The SMILES string of the molecule is O=CC1O[C@@H](CO)CN1c1ccc(N2CCOC2S(=O)(=O)O)c(F)c1. The lowest BCUT2D eigenvalue weighted by Crippen LogP contribution is -2.37. The van der Waals surface area contributed by atoms with Gasteiger partial charge >= 0.3 is 10.1 Å². The minimum Gasteiger partial charge on any atom is -0.394 e. The van der Waals surface area contributed by atoms with Gasteiger partial charge in [0.05, 0.1) is 18.9 Å². The molecule has 2 fully saturated rings. The fraction of sp³-hybridized carbons (Fsp3) is 0.500. The number of aliphatic hydroxyl groups is 1. The second-order valence-electron chi connectivity index (χ2n) is 5.64. The number of aliphatic hydroxyl groups excluding tert-OH is 1. The van der Waals surface area contributed by atoms with Gasteiger partial charge in [0.1, 0.15) is 11.9 Å². The molecule has 25 heavy (non-hydrogen) atoms. The number of carbonyl (C=O) groups is 1. The quantitative estimate of drug-likeness (QED) is 0.521. The van der Waals surface area contributed by atoms with Crippen LogP contribution in [0.25, 0.3) is 0 Å². The van der Waals surface area contributed by atoms with E-state index in [0.717, 1.165) is 11.0 Å². The van der Waals surface area contributed by atoms with E-state index in [1.54, 1.807) is 0 Å². The number of nitrogens with zero attached hydrogens (tertiary/aromatic N) is 2. The van der Waals surface area contributed by atoms with Crippen LogP contribution in [-0.4, -0.2) is 68.6 Å². The predicted molar refractivity (Wildman–Crippen MR) is 84.2 cm³/mol. The van der Waals surface area contributed by atoms with Crippen LogP contribution in [0.15, 0.2) is 18.2 Å². The Hall–Kier alpha value is -1.79. The molecule has 1 aromatic rings. The van der Waals surface area contributed by atoms with Crippen LogP contribution >= 0.6 is 0 Å². The minimum absolute atomic E-state index is 0.0248. The third-order valence-electron chi connectivity index (χ3n) is 4.03. The molecule has 0 spiro atoms. The number of aldehydes is 1. The molecule has 2 unspecified atom stereocenters. The van der Waals surface area contributed by atoms with E-state index in [0.29, 0.717) is 12.0 Å². The van der Waals surface area contributed by atoms with E-state index in [4.69, 9.17) is 14.6 Å². The Morgan fingerprint density at radius 2 is 2.12 bits per heavy atom. The zero-order chi connectivity index (χ0) is 18.2. The molecule has 0 radical (unpaired) electrons. The predicted octanol–water partition coefficient (Wildman–Crippen LogP) is -0.444. The van der Waals surface area contributed by atoms with E-state index in [9.17, 15) is 22.2 Å². The summed E-state index contributed by atoms with van der Waals surface area (Å²) in [5, 5.41) is 9.15. The van der Waals surface area contributed by atoms with Crippen molar-refractivity contribution < 1.29 is 36.7 Å². The van der Waals surface area contributed by atoms with E-state index >= 15 is 0 Å². The second kappa shape index (κ2) is 6.84. The number of halogens is 1. The summed E-state index contributed by atoms with van der Waals surface area (Å²) in [5.74, 6) is -0.742. The van der Waals surface area contributed by atoms with Crippen molar-refractivity contribution in [3.8, 4) is 0 Å². The molecule has 3 atom stereocenters. The lowest BCUT2D eigenvalue weighted by Gasteiger charge is -2.25. The second-order valence-corrected chi connectivity index (χ2v) is 7.07. The van der Waals surface area contributed by atoms with Crippen LogP contribution in [0, 0.1) is 5.82 Å². The third-order valence-corrected chi connectivity index (χ3v) is 4.93. The number of carbonyl (C=O) groups excluding carboxylic acids is 1. The summed E-state index contributed by atoms with van der Waals surface area (Å²) in [5.41, 5.74) is -1.37. The van der Waals surface area contributed by atoms with Crippen LogP contribution in [0.1, 0.15) is 0 Å². The Labute approximate surface area is 143 Å². The van der Waals surface area contributed by atoms with Gasteiger partial charge in [-0.2, -0.15) is 8.42 Å². The van der Waals surface area contributed by atoms with Crippen molar-refractivity contribution in [2.24, 2.45) is 0 Å². The average molecular weight is 376 g/mol. The molecule has 1 aromatic carbocycles. The van der Waals surface area contributed by atoms with E-state index in [2.05, 4.69) is 0 Å². The van der Waals surface area contributed by atoms with Crippen molar-refractivity contribution >= 4 is 27.8 Å². The van der Waals surface area contributed by atoms with Gasteiger partial charge in [0.2, 0.25) is 0 Å². The van der Waals surface area contributed by atoms with E-state index in [1.807, 2.05) is 0 Å². The van der Waals surface area contributed by atoms with Gasteiger partial charge in [-0.05, 0) is 18.2 Å². The van der Waals surface area contributed by atoms with Gasteiger partial charge < -0.3 is 24.4 Å². The van der Waals surface area contributed by atoms with Gasteiger partial charge in [0.15, 0.2) is 12.5 Å². The van der Waals surface area contributed by atoms with Gasteiger partial charge in [0.25, 0.3) is 5.56 Å². The van der Waals surface area contributed by atoms with Crippen LogP contribution < -0.4 is 9.80 Å². The topological polar surface area (TPSA) is 117 Å². The zero-order valence-electron chi connectivity index (χ0n) is 13.0. The molecule has 0 saturated carbocycles. The average Bonchev–Trinajstić information content (AvgIpc) is 3.20. The van der Waals surface area contributed by atoms with Crippen molar-refractivity contribution in [2.45, 2.75) is 17.9 Å². The van der Waals surface area contributed by atoms with Gasteiger partial charge in [-0.15, -0.1) is 0 Å². The number of ether oxygens (including phenoxy) is 2. The maximum absolute atomic E-state index is 14.5. The molecule has 0 bridgehead atoms. The fourth-order valence-electron chi connectivity index (χ4n) is 2.93. The highest BCUT2D eigenvalue weighted by Gasteiger charge is 2.38. The molecule has 0 aromatic heterocycles. The highest BCUT2D eigenvalue weighted by Crippen LogP contribution is 2.32. The van der Waals surface area contributed by atoms with Crippen LogP contribution in [0.2, 0.25) is 0 Å². The molecule has 2 N–H and O–H groups in total. The molecule has 2 saturated heterocycles. The highest BCUT2D eigenvalue weighted by atomic mass is 32.2. The zero-order valence-corrected chi connectivity index (χ0v) is 13.8. The summed E-state index contributed by atoms with van der Waals surface area (Å²) in [6.45, 7) is 0.0514.